The summed E-state index contributed by atoms with van der Waals surface area (Å²) in [4.78, 5) is 25.0. The number of rotatable bonds is 9. The van der Waals surface area contributed by atoms with E-state index in [4.69, 9.17) is 0 Å². The van der Waals surface area contributed by atoms with Crippen molar-refractivity contribution in [1.82, 2.24) is 10.0 Å². The van der Waals surface area contributed by atoms with Gasteiger partial charge in [-0.1, -0.05) is 31.0 Å². The van der Waals surface area contributed by atoms with Gasteiger partial charge in [0, 0.05) is 23.4 Å². The number of Topliss-reactive ketones (excluding diaryl/α,β-unsaturated/α-hetero) is 1. The number of thiophene rings is 1. The van der Waals surface area contributed by atoms with Crippen LogP contribution in [0.1, 0.15) is 60.3 Å². The molecule has 1 saturated carbocycles. The smallest absolute Gasteiger partial charge is 0.240 e. The SMILES string of the molecule is CC(=O)c1ccc(S(=O)(=O)NCCC(=O)NC(c2cccs2)C2CCCC2)cc1. The summed E-state index contributed by atoms with van der Waals surface area (Å²) in [7, 11) is -3.72. The molecule has 1 fully saturated rings. The van der Waals surface area contributed by atoms with E-state index in [2.05, 4.69) is 10.0 Å². The van der Waals surface area contributed by atoms with Gasteiger partial charge < -0.3 is 5.32 Å². The first-order chi connectivity index (χ1) is 13.9. The van der Waals surface area contributed by atoms with E-state index < -0.39 is 10.0 Å². The minimum atomic E-state index is -3.72. The minimum absolute atomic E-state index is 0.000678. The third-order valence-electron chi connectivity index (χ3n) is 5.25. The van der Waals surface area contributed by atoms with E-state index in [1.807, 2.05) is 17.5 Å². The lowest BCUT2D eigenvalue weighted by molar-refractivity contribution is -0.122. The van der Waals surface area contributed by atoms with Crippen LogP contribution in [0.15, 0.2) is 46.7 Å². The highest BCUT2D eigenvalue weighted by atomic mass is 32.2. The molecule has 2 aromatic rings. The second-order valence-corrected chi connectivity index (χ2v) is 10.1. The van der Waals surface area contributed by atoms with Crippen LogP contribution >= 0.6 is 11.3 Å². The molecule has 0 saturated heterocycles. The fraction of sp³-hybridized carbons (Fsp3) is 0.429. The molecule has 1 unspecified atom stereocenters. The fourth-order valence-electron chi connectivity index (χ4n) is 3.68. The molecule has 1 atom stereocenters. The largest absolute Gasteiger partial charge is 0.348 e. The molecule has 0 spiro atoms. The van der Waals surface area contributed by atoms with Crippen LogP contribution in [0.5, 0.6) is 0 Å². The second kappa shape index (κ2) is 9.65. The topological polar surface area (TPSA) is 92.3 Å². The number of amides is 1. The Hall–Kier alpha value is -2.03. The number of benzene rings is 1. The van der Waals surface area contributed by atoms with Gasteiger partial charge in [-0.3, -0.25) is 9.59 Å². The third-order valence-corrected chi connectivity index (χ3v) is 7.69. The van der Waals surface area contributed by atoms with Crippen molar-refractivity contribution in [3.05, 3.63) is 52.2 Å². The molecule has 0 aliphatic heterocycles. The van der Waals surface area contributed by atoms with Crippen molar-refractivity contribution in [2.45, 2.75) is 50.0 Å². The van der Waals surface area contributed by atoms with Gasteiger partial charge in [0.05, 0.1) is 10.9 Å². The van der Waals surface area contributed by atoms with Gasteiger partial charge in [-0.25, -0.2) is 13.1 Å². The molecule has 8 heteroatoms. The van der Waals surface area contributed by atoms with Crippen molar-refractivity contribution in [1.29, 1.82) is 0 Å². The number of sulfonamides is 1. The van der Waals surface area contributed by atoms with Crippen LogP contribution in [-0.4, -0.2) is 26.7 Å². The Kier molecular flexibility index (Phi) is 7.21. The van der Waals surface area contributed by atoms with E-state index in [0.717, 1.165) is 17.7 Å². The van der Waals surface area contributed by atoms with E-state index in [-0.39, 0.29) is 35.6 Å². The summed E-state index contributed by atoms with van der Waals surface area (Å²) < 4.78 is 27.2. The molecule has 3 rings (SSSR count). The molecule has 1 heterocycles. The molecule has 6 nitrogen and oxygen atoms in total. The summed E-state index contributed by atoms with van der Waals surface area (Å²) in [5.41, 5.74) is 0.454. The highest BCUT2D eigenvalue weighted by molar-refractivity contribution is 7.89. The Labute approximate surface area is 175 Å². The maximum absolute atomic E-state index is 12.5. The van der Waals surface area contributed by atoms with Crippen LogP contribution in [0.3, 0.4) is 0 Å². The Morgan fingerprint density at radius 3 is 2.41 bits per heavy atom. The lowest BCUT2D eigenvalue weighted by Gasteiger charge is -2.24. The van der Waals surface area contributed by atoms with Crippen LogP contribution < -0.4 is 10.0 Å². The van der Waals surface area contributed by atoms with Gasteiger partial charge in [-0.2, -0.15) is 0 Å². The number of nitrogens with one attached hydrogen (secondary N) is 2. The lowest BCUT2D eigenvalue weighted by Crippen LogP contribution is -2.35. The zero-order valence-electron chi connectivity index (χ0n) is 16.4. The molecular formula is C21H26N2O4S2. The minimum Gasteiger partial charge on any atom is -0.348 e. The summed E-state index contributed by atoms with van der Waals surface area (Å²) in [6.45, 7) is 1.44. The molecule has 2 N–H and O–H groups in total. The molecule has 156 valence electrons. The van der Waals surface area contributed by atoms with Crippen LogP contribution in [0.2, 0.25) is 0 Å². The van der Waals surface area contributed by atoms with Gasteiger partial charge in [-0.05, 0) is 49.3 Å². The predicted molar refractivity (Wildman–Crippen MR) is 113 cm³/mol. The van der Waals surface area contributed by atoms with Crippen LogP contribution in [0, 0.1) is 5.92 Å². The average molecular weight is 435 g/mol. The zero-order valence-corrected chi connectivity index (χ0v) is 18.0. The van der Waals surface area contributed by atoms with Gasteiger partial charge in [-0.15, -0.1) is 11.3 Å². The quantitative estimate of drug-likeness (QED) is 0.589. The lowest BCUT2D eigenvalue weighted by atomic mass is 9.96. The molecule has 1 aliphatic carbocycles. The van der Waals surface area contributed by atoms with Crippen molar-refractivity contribution in [2.75, 3.05) is 6.54 Å². The van der Waals surface area contributed by atoms with E-state index in [1.165, 1.54) is 44.0 Å². The number of carbonyl (C=O) groups is 2. The molecule has 1 aromatic heterocycles. The first kappa shape index (κ1) is 21.7. The van der Waals surface area contributed by atoms with Gasteiger partial charge >= 0.3 is 0 Å². The Morgan fingerprint density at radius 2 is 1.83 bits per heavy atom. The van der Waals surface area contributed by atoms with E-state index >= 15 is 0 Å². The van der Waals surface area contributed by atoms with Gasteiger partial charge in [0.25, 0.3) is 0 Å². The molecule has 1 aliphatic rings. The third kappa shape index (κ3) is 5.74. The van der Waals surface area contributed by atoms with E-state index in [1.54, 1.807) is 11.3 Å². The van der Waals surface area contributed by atoms with Crippen LogP contribution in [-0.2, 0) is 14.8 Å². The molecule has 1 amide bonds. The first-order valence-corrected chi connectivity index (χ1v) is 12.2. The van der Waals surface area contributed by atoms with Crippen LogP contribution in [0.4, 0.5) is 0 Å². The maximum atomic E-state index is 12.5. The summed E-state index contributed by atoms with van der Waals surface area (Å²) in [6, 6.07) is 9.79. The molecule has 0 radical (unpaired) electrons. The number of hydrogen-bond donors (Lipinski definition) is 2. The van der Waals surface area contributed by atoms with Crippen molar-refractivity contribution in [3.63, 3.8) is 0 Å². The normalized spacial score (nSPS) is 15.9. The van der Waals surface area contributed by atoms with E-state index in [9.17, 15) is 18.0 Å². The van der Waals surface area contributed by atoms with Crippen molar-refractivity contribution >= 4 is 33.1 Å². The standard InChI is InChI=1S/C21H26N2O4S2/c1-15(24)16-8-10-18(11-9-16)29(26,27)22-13-12-20(25)23-21(17-5-2-3-6-17)19-7-4-14-28-19/h4,7-11,14,17,21-22H,2-3,5-6,12-13H2,1H3,(H,23,25). The molecule has 29 heavy (non-hydrogen) atoms. The van der Waals surface area contributed by atoms with Gasteiger partial charge in [0.15, 0.2) is 5.78 Å². The monoisotopic (exact) mass is 434 g/mol. The van der Waals surface area contributed by atoms with Crippen molar-refractivity contribution < 1.29 is 18.0 Å². The molecule has 1 aromatic carbocycles. The van der Waals surface area contributed by atoms with Gasteiger partial charge in [0.1, 0.15) is 0 Å². The Morgan fingerprint density at radius 1 is 1.14 bits per heavy atom. The number of ketones is 1. The second-order valence-electron chi connectivity index (χ2n) is 7.33. The van der Waals surface area contributed by atoms with E-state index in [0.29, 0.717) is 11.5 Å². The van der Waals surface area contributed by atoms with Crippen molar-refractivity contribution in [2.24, 2.45) is 5.92 Å². The summed E-state index contributed by atoms with van der Waals surface area (Å²) in [6.07, 6.45) is 4.64. The van der Waals surface area contributed by atoms with Gasteiger partial charge in [0.2, 0.25) is 15.9 Å². The summed E-state index contributed by atoms with van der Waals surface area (Å²) in [5.74, 6) is 0.153. The number of hydrogen-bond acceptors (Lipinski definition) is 5. The summed E-state index contributed by atoms with van der Waals surface area (Å²) >= 11 is 1.64. The highest BCUT2D eigenvalue weighted by Crippen LogP contribution is 2.37. The fourth-order valence-corrected chi connectivity index (χ4v) is 5.58. The summed E-state index contributed by atoms with van der Waals surface area (Å²) in [5, 5.41) is 5.12. The Balaban J connectivity index is 1.54. The maximum Gasteiger partial charge on any atom is 0.240 e. The average Bonchev–Trinajstić information content (AvgIpc) is 3.40. The van der Waals surface area contributed by atoms with Crippen LogP contribution in [0.25, 0.3) is 0 Å². The number of carbonyl (C=O) groups excluding carboxylic acids is 2. The zero-order chi connectivity index (χ0) is 20.9. The van der Waals surface area contributed by atoms with Crippen molar-refractivity contribution in [3.8, 4) is 0 Å². The first-order valence-electron chi connectivity index (χ1n) is 9.80. The Bertz CT molecular complexity index is 932. The predicted octanol–water partition coefficient (Wildman–Crippen LogP) is 3.67. The highest BCUT2D eigenvalue weighted by Gasteiger charge is 2.28. The molecule has 0 bridgehead atoms. The molecular weight excluding hydrogens is 408 g/mol.